The van der Waals surface area contributed by atoms with Gasteiger partial charge < -0.3 is 9.80 Å². The van der Waals surface area contributed by atoms with Gasteiger partial charge in [0.2, 0.25) is 5.91 Å². The first-order valence-electron chi connectivity index (χ1n) is 9.04. The highest BCUT2D eigenvalue weighted by molar-refractivity contribution is 5.76. The van der Waals surface area contributed by atoms with Gasteiger partial charge in [-0.1, -0.05) is 12.1 Å². The summed E-state index contributed by atoms with van der Waals surface area (Å²) in [5.41, 5.74) is 0.847. The third-order valence-corrected chi connectivity index (χ3v) is 4.78. The first-order valence-corrected chi connectivity index (χ1v) is 9.04. The Morgan fingerprint density at radius 1 is 1.00 bits per heavy atom. The van der Waals surface area contributed by atoms with E-state index in [1.54, 1.807) is 6.20 Å². The van der Waals surface area contributed by atoms with Gasteiger partial charge in [-0.05, 0) is 30.7 Å². The summed E-state index contributed by atoms with van der Waals surface area (Å²) in [4.78, 5) is 21.1. The van der Waals surface area contributed by atoms with Crippen molar-refractivity contribution in [1.29, 1.82) is 0 Å². The molecule has 3 aromatic heterocycles. The van der Waals surface area contributed by atoms with Crippen LogP contribution in [0.1, 0.15) is 18.7 Å². The number of amides is 1. The zero-order chi connectivity index (χ0) is 17.8. The van der Waals surface area contributed by atoms with Gasteiger partial charge in [0, 0.05) is 51.4 Å². The molecule has 26 heavy (non-hydrogen) atoms. The average molecular weight is 350 g/mol. The van der Waals surface area contributed by atoms with Crippen LogP contribution in [0.2, 0.25) is 0 Å². The molecule has 0 atom stereocenters. The maximum atomic E-state index is 12.5. The van der Waals surface area contributed by atoms with Gasteiger partial charge in [0.1, 0.15) is 11.6 Å². The minimum absolute atomic E-state index is 0.222. The van der Waals surface area contributed by atoms with Crippen LogP contribution in [-0.2, 0) is 11.2 Å². The van der Waals surface area contributed by atoms with Crippen LogP contribution in [-0.4, -0.2) is 56.6 Å². The van der Waals surface area contributed by atoms with Crippen LogP contribution in [0.5, 0.6) is 0 Å². The van der Waals surface area contributed by atoms with E-state index in [4.69, 9.17) is 0 Å². The van der Waals surface area contributed by atoms with Gasteiger partial charge in [-0.15, -0.1) is 10.2 Å². The minimum Gasteiger partial charge on any atom is -0.353 e. The highest BCUT2D eigenvalue weighted by atomic mass is 16.2. The maximum absolute atomic E-state index is 12.5. The van der Waals surface area contributed by atoms with Crippen LogP contribution in [0.15, 0.2) is 48.8 Å². The molecular formula is C19H22N6O. The minimum atomic E-state index is 0.222. The molecule has 0 spiro atoms. The topological polar surface area (TPSA) is 66.6 Å². The van der Waals surface area contributed by atoms with Gasteiger partial charge >= 0.3 is 0 Å². The molecule has 0 radical (unpaired) electrons. The molecule has 7 nitrogen and oxygen atoms in total. The highest BCUT2D eigenvalue weighted by Crippen LogP contribution is 2.14. The van der Waals surface area contributed by atoms with Gasteiger partial charge in [0.05, 0.1) is 0 Å². The largest absolute Gasteiger partial charge is 0.353 e. The first-order chi connectivity index (χ1) is 12.8. The van der Waals surface area contributed by atoms with Gasteiger partial charge in [0.15, 0.2) is 5.65 Å². The summed E-state index contributed by atoms with van der Waals surface area (Å²) >= 11 is 0. The van der Waals surface area contributed by atoms with Gasteiger partial charge in [-0.25, -0.2) is 4.98 Å². The molecule has 0 N–H and O–H groups in total. The van der Waals surface area contributed by atoms with Crippen LogP contribution in [0.25, 0.3) is 5.65 Å². The summed E-state index contributed by atoms with van der Waals surface area (Å²) in [6, 6.07) is 11.8. The predicted octanol–water partition coefficient (Wildman–Crippen LogP) is 1.80. The van der Waals surface area contributed by atoms with Gasteiger partial charge in [0.25, 0.3) is 0 Å². The van der Waals surface area contributed by atoms with Crippen LogP contribution in [0.4, 0.5) is 5.82 Å². The van der Waals surface area contributed by atoms with Crippen molar-refractivity contribution in [2.24, 2.45) is 0 Å². The van der Waals surface area contributed by atoms with Crippen LogP contribution < -0.4 is 4.90 Å². The van der Waals surface area contributed by atoms with E-state index in [2.05, 4.69) is 20.1 Å². The number of nitrogens with zero attached hydrogens (tertiary/aromatic N) is 6. The molecule has 0 aliphatic carbocycles. The number of fused-ring (bicyclic) bond motifs is 1. The Morgan fingerprint density at radius 2 is 1.85 bits per heavy atom. The second-order valence-electron chi connectivity index (χ2n) is 6.45. The van der Waals surface area contributed by atoms with Crippen molar-refractivity contribution in [3.8, 4) is 0 Å². The molecule has 4 heterocycles. The van der Waals surface area contributed by atoms with Crippen molar-refractivity contribution in [3.63, 3.8) is 0 Å². The molecule has 1 aliphatic heterocycles. The van der Waals surface area contributed by atoms with Crippen molar-refractivity contribution in [1.82, 2.24) is 24.5 Å². The quantitative estimate of drug-likeness (QED) is 0.702. The lowest BCUT2D eigenvalue weighted by atomic mass is 10.2. The second kappa shape index (κ2) is 7.51. The number of anilines is 1. The van der Waals surface area contributed by atoms with E-state index in [1.807, 2.05) is 51.9 Å². The maximum Gasteiger partial charge on any atom is 0.222 e. The van der Waals surface area contributed by atoms with E-state index in [9.17, 15) is 4.79 Å². The monoisotopic (exact) mass is 350 g/mol. The molecule has 1 fully saturated rings. The number of pyridine rings is 2. The Kier molecular flexibility index (Phi) is 4.77. The molecule has 1 saturated heterocycles. The first kappa shape index (κ1) is 16.5. The van der Waals surface area contributed by atoms with Crippen LogP contribution in [0.3, 0.4) is 0 Å². The molecule has 0 unspecified atom stereocenters. The van der Waals surface area contributed by atoms with E-state index in [1.165, 1.54) is 0 Å². The Morgan fingerprint density at radius 3 is 2.65 bits per heavy atom. The zero-order valence-corrected chi connectivity index (χ0v) is 14.7. The average Bonchev–Trinajstić information content (AvgIpc) is 3.12. The Labute approximate surface area is 152 Å². The lowest BCUT2D eigenvalue weighted by Crippen LogP contribution is -2.49. The Hall–Kier alpha value is -2.96. The van der Waals surface area contributed by atoms with Crippen molar-refractivity contribution >= 4 is 17.4 Å². The number of rotatable bonds is 5. The fraction of sp³-hybridized carbons (Fsp3) is 0.368. The fourth-order valence-electron chi connectivity index (χ4n) is 3.34. The van der Waals surface area contributed by atoms with Crippen molar-refractivity contribution in [2.75, 3.05) is 31.1 Å². The molecule has 0 bridgehead atoms. The van der Waals surface area contributed by atoms with E-state index >= 15 is 0 Å². The smallest absolute Gasteiger partial charge is 0.222 e. The van der Waals surface area contributed by atoms with Gasteiger partial charge in [-0.3, -0.25) is 9.20 Å². The number of aryl methyl sites for hydroxylation is 1. The summed E-state index contributed by atoms with van der Waals surface area (Å²) in [6.45, 7) is 3.17. The number of carbonyl (C=O) groups excluding carboxylic acids is 1. The SMILES string of the molecule is O=C(CCCc1nnc2ccccn12)N1CCN(c2ccccn2)CC1. The molecule has 0 saturated carbocycles. The standard InChI is InChI=1S/C19H22N6O/c26-19(9-5-8-18-22-21-17-7-2-4-11-25(17)18)24-14-12-23(13-15-24)16-6-1-3-10-20-16/h1-4,6-7,10-11H,5,8-9,12-15H2. The molecule has 7 heteroatoms. The van der Waals surface area contributed by atoms with E-state index in [0.29, 0.717) is 6.42 Å². The molecule has 4 rings (SSSR count). The molecule has 1 amide bonds. The summed E-state index contributed by atoms with van der Waals surface area (Å²) in [7, 11) is 0. The molecule has 134 valence electrons. The third-order valence-electron chi connectivity index (χ3n) is 4.78. The summed E-state index contributed by atoms with van der Waals surface area (Å²) in [5.74, 6) is 2.12. The number of carbonyl (C=O) groups is 1. The molecule has 1 aliphatic rings. The zero-order valence-electron chi connectivity index (χ0n) is 14.7. The fourth-order valence-corrected chi connectivity index (χ4v) is 3.34. The van der Waals surface area contributed by atoms with Crippen LogP contribution >= 0.6 is 0 Å². The van der Waals surface area contributed by atoms with E-state index in [0.717, 1.165) is 56.3 Å². The van der Waals surface area contributed by atoms with Gasteiger partial charge in [-0.2, -0.15) is 0 Å². The normalized spacial score (nSPS) is 14.8. The summed E-state index contributed by atoms with van der Waals surface area (Å²) in [6.07, 6.45) is 5.86. The Bertz CT molecular complexity index is 870. The highest BCUT2D eigenvalue weighted by Gasteiger charge is 2.21. The predicted molar refractivity (Wildman–Crippen MR) is 99.0 cm³/mol. The summed E-state index contributed by atoms with van der Waals surface area (Å²) < 4.78 is 1.98. The number of hydrogen-bond donors (Lipinski definition) is 0. The Balaban J connectivity index is 1.26. The van der Waals surface area contributed by atoms with Crippen molar-refractivity contribution in [3.05, 3.63) is 54.6 Å². The number of piperazine rings is 1. The summed E-state index contributed by atoms with van der Waals surface area (Å²) in [5, 5.41) is 8.37. The van der Waals surface area contributed by atoms with Crippen LogP contribution in [0, 0.1) is 0 Å². The molecule has 0 aromatic carbocycles. The van der Waals surface area contributed by atoms with Crippen molar-refractivity contribution < 1.29 is 4.79 Å². The van der Waals surface area contributed by atoms with Crippen molar-refractivity contribution in [2.45, 2.75) is 19.3 Å². The lowest BCUT2D eigenvalue weighted by molar-refractivity contribution is -0.131. The number of aromatic nitrogens is 4. The second-order valence-corrected chi connectivity index (χ2v) is 6.45. The van der Waals surface area contributed by atoms with E-state index < -0.39 is 0 Å². The molecule has 3 aromatic rings. The third kappa shape index (κ3) is 3.51. The van der Waals surface area contributed by atoms with E-state index in [-0.39, 0.29) is 5.91 Å². The number of hydrogen-bond acceptors (Lipinski definition) is 5. The lowest BCUT2D eigenvalue weighted by Gasteiger charge is -2.35. The molecular weight excluding hydrogens is 328 g/mol.